The van der Waals surface area contributed by atoms with Gasteiger partial charge in [0.25, 0.3) is 0 Å². The number of nitrogens with zero attached hydrogens (tertiary/aromatic N) is 1. The lowest BCUT2D eigenvalue weighted by Crippen LogP contribution is -2.12. The zero-order valence-electron chi connectivity index (χ0n) is 13.4. The van der Waals surface area contributed by atoms with Crippen molar-refractivity contribution in [3.63, 3.8) is 0 Å². The zero-order valence-corrected chi connectivity index (χ0v) is 13.4. The summed E-state index contributed by atoms with van der Waals surface area (Å²) in [7, 11) is 0. The van der Waals surface area contributed by atoms with Crippen molar-refractivity contribution in [1.29, 1.82) is 5.26 Å². The van der Waals surface area contributed by atoms with Crippen LogP contribution in [0, 0.1) is 25.2 Å². The Balaban J connectivity index is 3.20. The molecule has 0 aliphatic carbocycles. The molecule has 1 heterocycles. The second-order valence-electron chi connectivity index (χ2n) is 5.01. The fourth-order valence-electron chi connectivity index (χ4n) is 1.99. The molecule has 22 heavy (non-hydrogen) atoms. The molecule has 6 nitrogen and oxygen atoms in total. The Morgan fingerprint density at radius 1 is 1.36 bits per heavy atom. The van der Waals surface area contributed by atoms with Crippen LogP contribution in [0.3, 0.4) is 0 Å². The van der Waals surface area contributed by atoms with Crippen LogP contribution in [0.15, 0.2) is 5.57 Å². The summed E-state index contributed by atoms with van der Waals surface area (Å²) in [5, 5.41) is 9.11. The number of hydrogen-bond donors (Lipinski definition) is 1. The van der Waals surface area contributed by atoms with E-state index in [4.69, 9.17) is 14.7 Å². The molecule has 1 rings (SSSR count). The molecule has 0 fully saturated rings. The highest BCUT2D eigenvalue weighted by Crippen LogP contribution is 2.21. The van der Waals surface area contributed by atoms with E-state index in [9.17, 15) is 9.59 Å². The van der Waals surface area contributed by atoms with E-state index >= 15 is 0 Å². The molecule has 0 radical (unpaired) electrons. The highest BCUT2D eigenvalue weighted by atomic mass is 16.5. The number of nitrogens with one attached hydrogen (secondary N) is 1. The van der Waals surface area contributed by atoms with Crippen molar-refractivity contribution in [2.45, 2.75) is 40.7 Å². The van der Waals surface area contributed by atoms with Crippen LogP contribution in [-0.2, 0) is 14.3 Å². The molecule has 0 saturated heterocycles. The maximum Gasteiger partial charge on any atom is 0.349 e. The molecule has 118 valence electrons. The molecule has 0 aliphatic rings. The molecule has 0 aromatic carbocycles. The number of carbonyl (C=O) groups excluding carboxylic acids is 2. The largest absolute Gasteiger partial charge is 0.462 e. The van der Waals surface area contributed by atoms with Crippen molar-refractivity contribution in [3.05, 3.63) is 28.1 Å². The van der Waals surface area contributed by atoms with Crippen LogP contribution in [0.2, 0.25) is 0 Å². The van der Waals surface area contributed by atoms with Crippen molar-refractivity contribution in [2.24, 2.45) is 0 Å². The molecule has 1 aromatic heterocycles. The predicted octanol–water partition coefficient (Wildman–Crippen LogP) is 2.67. The molecule has 0 aliphatic heterocycles. The topological polar surface area (TPSA) is 92.2 Å². The molecule has 0 saturated carbocycles. The average molecular weight is 304 g/mol. The highest BCUT2D eigenvalue weighted by molar-refractivity contribution is 5.99. The van der Waals surface area contributed by atoms with Gasteiger partial charge in [0.1, 0.15) is 11.6 Å². The van der Waals surface area contributed by atoms with Gasteiger partial charge in [-0.05, 0) is 46.3 Å². The first-order valence-electron chi connectivity index (χ1n) is 7.00. The Kier molecular flexibility index (Phi) is 5.93. The van der Waals surface area contributed by atoms with Crippen molar-refractivity contribution < 1.29 is 19.1 Å². The standard InChI is InChI=1S/C16H20N2O4/c1-6-21-16(20)14-10(4)13(18-11(14)5)7-12(8-17)15(19)22-9(2)3/h7,9,18H,6H2,1-5H3/b12-7+. The van der Waals surface area contributed by atoms with Gasteiger partial charge in [-0.3, -0.25) is 0 Å². The third-order valence-corrected chi connectivity index (χ3v) is 2.93. The lowest BCUT2D eigenvalue weighted by molar-refractivity contribution is -0.142. The first-order chi connectivity index (χ1) is 10.3. The molecule has 0 unspecified atom stereocenters. The minimum Gasteiger partial charge on any atom is -0.462 e. The molecule has 0 atom stereocenters. The van der Waals surface area contributed by atoms with E-state index in [0.29, 0.717) is 22.5 Å². The quantitative estimate of drug-likeness (QED) is 0.513. The van der Waals surface area contributed by atoms with Gasteiger partial charge in [-0.25, -0.2) is 9.59 Å². The summed E-state index contributed by atoms with van der Waals surface area (Å²) in [6.45, 7) is 8.87. The van der Waals surface area contributed by atoms with E-state index in [-0.39, 0.29) is 18.3 Å². The number of aromatic nitrogens is 1. The zero-order chi connectivity index (χ0) is 16.9. The van der Waals surface area contributed by atoms with Crippen LogP contribution in [0.4, 0.5) is 0 Å². The number of ether oxygens (including phenoxy) is 2. The van der Waals surface area contributed by atoms with E-state index in [2.05, 4.69) is 4.98 Å². The van der Waals surface area contributed by atoms with Gasteiger partial charge >= 0.3 is 11.9 Å². The minimum absolute atomic E-state index is 0.131. The average Bonchev–Trinajstić information content (AvgIpc) is 2.69. The summed E-state index contributed by atoms with van der Waals surface area (Å²) in [6.07, 6.45) is 1.07. The van der Waals surface area contributed by atoms with Crippen LogP contribution >= 0.6 is 0 Å². The van der Waals surface area contributed by atoms with Crippen molar-refractivity contribution in [1.82, 2.24) is 4.98 Å². The summed E-state index contributed by atoms with van der Waals surface area (Å²) < 4.78 is 10.0. The highest BCUT2D eigenvalue weighted by Gasteiger charge is 2.20. The predicted molar refractivity (Wildman–Crippen MR) is 81.0 cm³/mol. The van der Waals surface area contributed by atoms with E-state index in [1.807, 2.05) is 6.07 Å². The summed E-state index contributed by atoms with van der Waals surface area (Å²) >= 11 is 0. The van der Waals surface area contributed by atoms with Crippen LogP contribution in [-0.4, -0.2) is 29.6 Å². The van der Waals surface area contributed by atoms with Gasteiger partial charge < -0.3 is 14.5 Å². The summed E-state index contributed by atoms with van der Waals surface area (Å²) in [5.41, 5.74) is 2.05. The SMILES string of the molecule is CCOC(=O)c1c(C)[nH]c(/C=C(\C#N)C(=O)OC(C)C)c1C. The van der Waals surface area contributed by atoms with Crippen LogP contribution in [0.25, 0.3) is 6.08 Å². The Hall–Kier alpha value is -2.55. The van der Waals surface area contributed by atoms with E-state index in [1.165, 1.54) is 6.08 Å². The molecule has 1 aromatic rings. The van der Waals surface area contributed by atoms with Gasteiger partial charge in [0, 0.05) is 11.4 Å². The normalized spacial score (nSPS) is 11.2. The number of aryl methyl sites for hydroxylation is 1. The number of hydrogen-bond acceptors (Lipinski definition) is 5. The maximum absolute atomic E-state index is 11.9. The first kappa shape index (κ1) is 17.5. The van der Waals surface area contributed by atoms with Crippen molar-refractivity contribution in [2.75, 3.05) is 6.61 Å². The molecule has 1 N–H and O–H groups in total. The fraction of sp³-hybridized carbons (Fsp3) is 0.438. The van der Waals surface area contributed by atoms with Crippen LogP contribution in [0.5, 0.6) is 0 Å². The number of carbonyl (C=O) groups is 2. The van der Waals surface area contributed by atoms with Crippen LogP contribution < -0.4 is 0 Å². The molecular weight excluding hydrogens is 284 g/mol. The molecular formula is C16H20N2O4. The number of H-pyrrole nitrogens is 1. The van der Waals surface area contributed by atoms with E-state index < -0.39 is 11.9 Å². The number of rotatable bonds is 5. The number of aromatic amines is 1. The molecule has 0 amide bonds. The van der Waals surface area contributed by atoms with Crippen LogP contribution in [0.1, 0.15) is 48.1 Å². The van der Waals surface area contributed by atoms with Gasteiger partial charge in [-0.2, -0.15) is 5.26 Å². The Bertz CT molecular complexity index is 648. The second kappa shape index (κ2) is 7.46. The Morgan fingerprint density at radius 2 is 2.00 bits per heavy atom. The third-order valence-electron chi connectivity index (χ3n) is 2.93. The summed E-state index contributed by atoms with van der Waals surface area (Å²) in [4.78, 5) is 26.7. The number of nitriles is 1. The lowest BCUT2D eigenvalue weighted by atomic mass is 10.1. The van der Waals surface area contributed by atoms with Gasteiger partial charge in [0.05, 0.1) is 18.3 Å². The summed E-state index contributed by atoms with van der Waals surface area (Å²) in [5.74, 6) is -1.13. The molecule has 6 heteroatoms. The maximum atomic E-state index is 11.9. The summed E-state index contributed by atoms with van der Waals surface area (Å²) in [6, 6.07) is 1.82. The fourth-order valence-corrected chi connectivity index (χ4v) is 1.99. The second-order valence-corrected chi connectivity index (χ2v) is 5.01. The van der Waals surface area contributed by atoms with Gasteiger partial charge in [0.15, 0.2) is 0 Å². The Labute approximate surface area is 129 Å². The van der Waals surface area contributed by atoms with Gasteiger partial charge in [0.2, 0.25) is 0 Å². The first-order valence-corrected chi connectivity index (χ1v) is 7.00. The van der Waals surface area contributed by atoms with Gasteiger partial charge in [-0.1, -0.05) is 0 Å². The van der Waals surface area contributed by atoms with E-state index in [0.717, 1.165) is 0 Å². The van der Waals surface area contributed by atoms with Crippen molar-refractivity contribution >= 4 is 18.0 Å². The molecule has 0 spiro atoms. The monoisotopic (exact) mass is 304 g/mol. The Morgan fingerprint density at radius 3 is 2.50 bits per heavy atom. The third kappa shape index (κ3) is 3.98. The number of esters is 2. The molecule has 0 bridgehead atoms. The van der Waals surface area contributed by atoms with Gasteiger partial charge in [-0.15, -0.1) is 0 Å². The van der Waals surface area contributed by atoms with E-state index in [1.54, 1.807) is 34.6 Å². The minimum atomic E-state index is -0.693. The van der Waals surface area contributed by atoms with Crippen molar-refractivity contribution in [3.8, 4) is 6.07 Å². The lowest BCUT2D eigenvalue weighted by Gasteiger charge is -2.06. The smallest absolute Gasteiger partial charge is 0.349 e.